The fraction of sp³-hybridized carbons (Fsp3) is 0.105. The minimum Gasteiger partial charge on any atom is -0.311 e. The van der Waals surface area contributed by atoms with Gasteiger partial charge in [-0.2, -0.15) is 0 Å². The number of fused-ring (bicyclic) bond motifs is 1. The van der Waals surface area contributed by atoms with E-state index in [1.165, 1.54) is 4.90 Å². The monoisotopic (exact) mass is 350 g/mol. The summed E-state index contributed by atoms with van der Waals surface area (Å²) in [6.45, 7) is 1.93. The maximum Gasteiger partial charge on any atom is 0.298 e. The van der Waals surface area contributed by atoms with E-state index in [1.54, 1.807) is 25.2 Å². The van der Waals surface area contributed by atoms with Crippen molar-refractivity contribution in [1.29, 1.82) is 0 Å². The van der Waals surface area contributed by atoms with Gasteiger partial charge in [-0.1, -0.05) is 35.9 Å². The van der Waals surface area contributed by atoms with Gasteiger partial charge in [0.05, 0.1) is 21.9 Å². The topological polar surface area (TPSA) is 57.7 Å². The Morgan fingerprint density at radius 3 is 2.28 bits per heavy atom. The van der Waals surface area contributed by atoms with Crippen LogP contribution in [0.15, 0.2) is 53.4 Å². The van der Waals surface area contributed by atoms with Crippen LogP contribution in [0.4, 0.5) is 16.2 Å². The van der Waals surface area contributed by atoms with Crippen molar-refractivity contribution in [2.24, 2.45) is 0 Å². The van der Waals surface area contributed by atoms with Gasteiger partial charge in [0.25, 0.3) is 17.1 Å². The second kappa shape index (κ2) is 5.60. The SMILES string of the molecule is Cc1ccc(N2C(=O)S/C(=C3\C(=O)N(C)c4ccccc43)C2=O)cc1. The molecule has 0 N–H and O–H groups in total. The summed E-state index contributed by atoms with van der Waals surface area (Å²) in [5, 5.41) is -0.392. The summed E-state index contributed by atoms with van der Waals surface area (Å²) in [6.07, 6.45) is 0. The Bertz CT molecular complexity index is 963. The molecule has 0 unspecified atom stereocenters. The number of carbonyl (C=O) groups is 3. The number of para-hydroxylation sites is 1. The third kappa shape index (κ3) is 2.29. The van der Waals surface area contributed by atoms with Gasteiger partial charge in [0.2, 0.25) is 0 Å². The van der Waals surface area contributed by atoms with Crippen LogP contribution in [0.5, 0.6) is 0 Å². The number of hydrogen-bond donors (Lipinski definition) is 0. The van der Waals surface area contributed by atoms with Crippen molar-refractivity contribution in [2.75, 3.05) is 16.8 Å². The number of thioether (sulfide) groups is 1. The molecule has 5 nitrogen and oxygen atoms in total. The van der Waals surface area contributed by atoms with E-state index in [0.717, 1.165) is 27.9 Å². The van der Waals surface area contributed by atoms with Crippen molar-refractivity contribution >= 4 is 45.8 Å². The second-order valence-corrected chi connectivity index (χ2v) is 6.89. The lowest BCUT2D eigenvalue weighted by molar-refractivity contribution is -0.115. The molecule has 0 bridgehead atoms. The molecule has 0 saturated carbocycles. The molecule has 3 amide bonds. The van der Waals surface area contributed by atoms with Crippen LogP contribution in [0.1, 0.15) is 11.1 Å². The van der Waals surface area contributed by atoms with Crippen LogP contribution in [-0.2, 0) is 9.59 Å². The van der Waals surface area contributed by atoms with Gasteiger partial charge in [-0.15, -0.1) is 0 Å². The van der Waals surface area contributed by atoms with Crippen molar-refractivity contribution in [2.45, 2.75) is 6.92 Å². The maximum atomic E-state index is 12.9. The van der Waals surface area contributed by atoms with Gasteiger partial charge in [0, 0.05) is 12.6 Å². The van der Waals surface area contributed by atoms with E-state index in [9.17, 15) is 14.4 Å². The van der Waals surface area contributed by atoms with E-state index < -0.39 is 11.1 Å². The molecule has 0 atom stereocenters. The first-order valence-electron chi connectivity index (χ1n) is 7.73. The highest BCUT2D eigenvalue weighted by molar-refractivity contribution is 8.19. The molecule has 0 spiro atoms. The van der Waals surface area contributed by atoms with Crippen molar-refractivity contribution in [3.05, 3.63) is 64.6 Å². The Kier molecular flexibility index (Phi) is 3.51. The summed E-state index contributed by atoms with van der Waals surface area (Å²) < 4.78 is 0. The Balaban J connectivity index is 1.84. The van der Waals surface area contributed by atoms with Crippen LogP contribution in [-0.4, -0.2) is 24.1 Å². The maximum absolute atomic E-state index is 12.9. The molecule has 2 heterocycles. The highest BCUT2D eigenvalue weighted by Gasteiger charge is 2.43. The second-order valence-electron chi connectivity index (χ2n) is 5.93. The van der Waals surface area contributed by atoms with Gasteiger partial charge in [0.15, 0.2) is 0 Å². The van der Waals surface area contributed by atoms with Crippen LogP contribution < -0.4 is 9.80 Å². The summed E-state index contributed by atoms with van der Waals surface area (Å²) in [6, 6.07) is 14.4. The van der Waals surface area contributed by atoms with Crippen molar-refractivity contribution in [3.63, 3.8) is 0 Å². The summed E-state index contributed by atoms with van der Waals surface area (Å²) in [4.78, 5) is 40.8. The van der Waals surface area contributed by atoms with Gasteiger partial charge in [-0.25, -0.2) is 4.90 Å². The molecule has 6 heteroatoms. The molecule has 0 radical (unpaired) electrons. The molecule has 124 valence electrons. The summed E-state index contributed by atoms with van der Waals surface area (Å²) >= 11 is 0.817. The number of nitrogens with zero attached hydrogens (tertiary/aromatic N) is 2. The van der Waals surface area contributed by atoms with Crippen LogP contribution >= 0.6 is 11.8 Å². The third-order valence-corrected chi connectivity index (χ3v) is 5.28. The first-order valence-corrected chi connectivity index (χ1v) is 8.55. The first kappa shape index (κ1) is 15.7. The van der Waals surface area contributed by atoms with E-state index in [0.29, 0.717) is 16.8 Å². The number of hydrogen-bond acceptors (Lipinski definition) is 4. The molecule has 0 aromatic heterocycles. The number of rotatable bonds is 1. The number of likely N-dealkylation sites (N-methyl/N-ethyl adjacent to an activating group) is 1. The highest BCUT2D eigenvalue weighted by Crippen LogP contribution is 2.44. The lowest BCUT2D eigenvalue weighted by Gasteiger charge is -2.12. The van der Waals surface area contributed by atoms with Crippen molar-refractivity contribution in [3.8, 4) is 0 Å². The Morgan fingerprint density at radius 2 is 1.56 bits per heavy atom. The average Bonchev–Trinajstić information content (AvgIpc) is 3.03. The normalized spacial score (nSPS) is 19.8. The first-order chi connectivity index (χ1) is 12.0. The average molecular weight is 350 g/mol. The van der Waals surface area contributed by atoms with Crippen LogP contribution in [0.25, 0.3) is 5.57 Å². The van der Waals surface area contributed by atoms with E-state index in [4.69, 9.17) is 0 Å². The van der Waals surface area contributed by atoms with Crippen LogP contribution in [0.3, 0.4) is 0 Å². The number of benzene rings is 2. The predicted octanol–water partition coefficient (Wildman–Crippen LogP) is 3.58. The van der Waals surface area contributed by atoms with Gasteiger partial charge in [-0.3, -0.25) is 14.4 Å². The third-order valence-electron chi connectivity index (χ3n) is 4.34. The summed E-state index contributed by atoms with van der Waals surface area (Å²) in [7, 11) is 1.67. The minimum absolute atomic E-state index is 0.187. The molecule has 0 aliphatic carbocycles. The molecule has 2 aromatic rings. The summed E-state index contributed by atoms with van der Waals surface area (Å²) in [5.41, 5.74) is 3.27. The quantitative estimate of drug-likeness (QED) is 0.738. The fourth-order valence-corrected chi connectivity index (χ4v) is 3.96. The molecule has 2 aliphatic heterocycles. The van der Waals surface area contributed by atoms with Gasteiger partial charge in [0.1, 0.15) is 0 Å². The zero-order valence-corrected chi connectivity index (χ0v) is 14.5. The molecule has 2 aliphatic rings. The van der Waals surface area contributed by atoms with Crippen LogP contribution in [0.2, 0.25) is 0 Å². The van der Waals surface area contributed by atoms with Gasteiger partial charge in [-0.05, 0) is 36.9 Å². The van der Waals surface area contributed by atoms with Crippen LogP contribution in [0, 0.1) is 6.92 Å². The van der Waals surface area contributed by atoms with Gasteiger partial charge < -0.3 is 4.90 Å². The lowest BCUT2D eigenvalue weighted by atomic mass is 10.1. The molecule has 1 saturated heterocycles. The molecular weight excluding hydrogens is 336 g/mol. The van der Waals surface area contributed by atoms with Crippen molar-refractivity contribution < 1.29 is 14.4 Å². The fourth-order valence-electron chi connectivity index (χ4n) is 3.02. The summed E-state index contributed by atoms with van der Waals surface area (Å²) in [5.74, 6) is -0.720. The minimum atomic E-state index is -0.452. The number of amides is 3. The predicted molar refractivity (Wildman–Crippen MR) is 98.4 cm³/mol. The zero-order valence-electron chi connectivity index (χ0n) is 13.6. The van der Waals surface area contributed by atoms with E-state index in [2.05, 4.69) is 0 Å². The molecule has 2 aromatic carbocycles. The molecule has 25 heavy (non-hydrogen) atoms. The van der Waals surface area contributed by atoms with E-state index >= 15 is 0 Å². The number of aryl methyl sites for hydroxylation is 1. The number of carbonyl (C=O) groups excluding carboxylic acids is 3. The van der Waals surface area contributed by atoms with Gasteiger partial charge >= 0.3 is 0 Å². The van der Waals surface area contributed by atoms with E-state index in [-0.39, 0.29) is 10.8 Å². The molecule has 1 fully saturated rings. The Hall–Kier alpha value is -2.86. The smallest absolute Gasteiger partial charge is 0.298 e. The zero-order chi connectivity index (χ0) is 17.7. The van der Waals surface area contributed by atoms with Crippen molar-refractivity contribution in [1.82, 2.24) is 0 Å². The number of imide groups is 1. The Labute approximate surface area is 148 Å². The number of anilines is 2. The molecule has 4 rings (SSSR count). The molecular formula is C19H14N2O3S. The standard InChI is InChI=1S/C19H14N2O3S/c1-11-7-9-12(10-8-11)21-18(23)16(25-19(21)24)15-13-5-3-4-6-14(13)20(2)17(15)22/h3-10H,1-2H3/b16-15-. The lowest BCUT2D eigenvalue weighted by Crippen LogP contribution is -2.28. The Morgan fingerprint density at radius 1 is 0.880 bits per heavy atom. The highest BCUT2D eigenvalue weighted by atomic mass is 32.2. The van der Waals surface area contributed by atoms with E-state index in [1.807, 2.05) is 37.3 Å². The largest absolute Gasteiger partial charge is 0.311 e.